The quantitative estimate of drug-likeness (QED) is 0.590. The van der Waals surface area contributed by atoms with Crippen molar-refractivity contribution in [2.75, 3.05) is 13.1 Å². The molecule has 0 aromatic rings. The van der Waals surface area contributed by atoms with E-state index in [-0.39, 0.29) is 0 Å². The Morgan fingerprint density at radius 2 is 1.67 bits per heavy atom. The van der Waals surface area contributed by atoms with Crippen molar-refractivity contribution < 1.29 is 0 Å². The monoisotopic (exact) mass is 253 g/mol. The lowest BCUT2D eigenvalue weighted by molar-refractivity contribution is 0.113. The van der Waals surface area contributed by atoms with Crippen LogP contribution in [-0.2, 0) is 0 Å². The minimum absolute atomic E-state index is 0.594. The Kier molecular flexibility index (Phi) is 7.97. The van der Waals surface area contributed by atoms with E-state index in [9.17, 15) is 0 Å². The van der Waals surface area contributed by atoms with E-state index in [0.717, 1.165) is 12.5 Å². The van der Waals surface area contributed by atoms with Crippen molar-refractivity contribution in [3.63, 3.8) is 0 Å². The van der Waals surface area contributed by atoms with Crippen molar-refractivity contribution in [1.82, 2.24) is 5.32 Å². The first-order valence-electron chi connectivity index (χ1n) is 8.49. The predicted molar refractivity (Wildman–Crippen MR) is 82.0 cm³/mol. The summed E-state index contributed by atoms with van der Waals surface area (Å²) in [5, 5.41) is 3.67. The molecule has 1 aliphatic carbocycles. The molecule has 0 bridgehead atoms. The van der Waals surface area contributed by atoms with E-state index in [1.165, 1.54) is 70.8 Å². The maximum absolute atomic E-state index is 3.67. The van der Waals surface area contributed by atoms with Gasteiger partial charge in [-0.3, -0.25) is 0 Å². The van der Waals surface area contributed by atoms with E-state index in [1.54, 1.807) is 0 Å². The summed E-state index contributed by atoms with van der Waals surface area (Å²) < 4.78 is 0. The summed E-state index contributed by atoms with van der Waals surface area (Å²) in [4.78, 5) is 0. The zero-order chi connectivity index (χ0) is 13.3. The molecule has 1 unspecified atom stereocenters. The van der Waals surface area contributed by atoms with Crippen LogP contribution in [0.1, 0.15) is 85.0 Å². The zero-order valence-corrected chi connectivity index (χ0v) is 13.1. The Balaban J connectivity index is 2.69. The highest BCUT2D eigenvalue weighted by atomic mass is 14.9. The SMILES string of the molecule is CCCCC(CC)(CNCC)C1CCCCCC1. The maximum Gasteiger partial charge on any atom is 0.00102 e. The average molecular weight is 253 g/mol. The Hall–Kier alpha value is -0.0400. The number of hydrogen-bond donors (Lipinski definition) is 1. The van der Waals surface area contributed by atoms with Gasteiger partial charge >= 0.3 is 0 Å². The fraction of sp³-hybridized carbons (Fsp3) is 1.00. The topological polar surface area (TPSA) is 12.0 Å². The van der Waals surface area contributed by atoms with E-state index in [2.05, 4.69) is 26.1 Å². The molecule has 1 N–H and O–H groups in total. The van der Waals surface area contributed by atoms with Gasteiger partial charge in [-0.05, 0) is 43.6 Å². The molecule has 0 aromatic heterocycles. The smallest absolute Gasteiger partial charge is 0.00102 e. The van der Waals surface area contributed by atoms with E-state index < -0.39 is 0 Å². The van der Waals surface area contributed by atoms with Gasteiger partial charge in [0, 0.05) is 6.54 Å². The number of unbranched alkanes of at least 4 members (excludes halogenated alkanes) is 1. The van der Waals surface area contributed by atoms with Crippen LogP contribution in [0.2, 0.25) is 0 Å². The average Bonchev–Trinajstić information content (AvgIpc) is 2.69. The maximum atomic E-state index is 3.67. The molecule has 1 heteroatoms. The van der Waals surface area contributed by atoms with Gasteiger partial charge in [-0.1, -0.05) is 59.3 Å². The Bertz CT molecular complexity index is 184. The first-order chi connectivity index (χ1) is 8.79. The molecular weight excluding hydrogens is 218 g/mol. The lowest BCUT2D eigenvalue weighted by atomic mass is 9.67. The molecular formula is C17H35N. The van der Waals surface area contributed by atoms with Gasteiger partial charge in [0.05, 0.1) is 0 Å². The van der Waals surface area contributed by atoms with Crippen molar-refractivity contribution in [2.45, 2.75) is 85.0 Å². The molecule has 0 aliphatic heterocycles. The van der Waals surface area contributed by atoms with Gasteiger partial charge in [-0.2, -0.15) is 0 Å². The second kappa shape index (κ2) is 8.96. The van der Waals surface area contributed by atoms with Gasteiger partial charge < -0.3 is 5.32 Å². The van der Waals surface area contributed by atoms with Gasteiger partial charge in [0.1, 0.15) is 0 Å². The minimum Gasteiger partial charge on any atom is -0.316 e. The van der Waals surface area contributed by atoms with E-state index in [1.807, 2.05) is 0 Å². The van der Waals surface area contributed by atoms with Crippen LogP contribution in [0.5, 0.6) is 0 Å². The van der Waals surface area contributed by atoms with E-state index in [4.69, 9.17) is 0 Å². The molecule has 0 amide bonds. The molecule has 1 nitrogen and oxygen atoms in total. The molecule has 1 atom stereocenters. The van der Waals surface area contributed by atoms with Gasteiger partial charge in [0.25, 0.3) is 0 Å². The van der Waals surface area contributed by atoms with Crippen LogP contribution in [0, 0.1) is 11.3 Å². The predicted octanol–water partition coefficient (Wildman–Crippen LogP) is 5.15. The molecule has 1 aliphatic rings. The Labute approximate surface area is 115 Å². The van der Waals surface area contributed by atoms with Crippen molar-refractivity contribution in [3.8, 4) is 0 Å². The summed E-state index contributed by atoms with van der Waals surface area (Å²) >= 11 is 0. The van der Waals surface area contributed by atoms with Crippen molar-refractivity contribution in [3.05, 3.63) is 0 Å². The first-order valence-corrected chi connectivity index (χ1v) is 8.49. The fourth-order valence-corrected chi connectivity index (χ4v) is 3.82. The lowest BCUT2D eigenvalue weighted by Crippen LogP contribution is -2.40. The summed E-state index contributed by atoms with van der Waals surface area (Å²) in [7, 11) is 0. The third kappa shape index (κ3) is 4.57. The van der Waals surface area contributed by atoms with Crippen LogP contribution in [0.15, 0.2) is 0 Å². The van der Waals surface area contributed by atoms with E-state index in [0.29, 0.717) is 5.41 Å². The van der Waals surface area contributed by atoms with Gasteiger partial charge in [-0.15, -0.1) is 0 Å². The van der Waals surface area contributed by atoms with Crippen LogP contribution < -0.4 is 5.32 Å². The summed E-state index contributed by atoms with van der Waals surface area (Å²) in [5.74, 6) is 0.982. The summed E-state index contributed by atoms with van der Waals surface area (Å²) in [6.45, 7) is 9.39. The molecule has 1 fully saturated rings. The van der Waals surface area contributed by atoms with Gasteiger partial charge in [0.2, 0.25) is 0 Å². The summed E-state index contributed by atoms with van der Waals surface area (Å²) in [6.07, 6.45) is 14.5. The van der Waals surface area contributed by atoms with Crippen LogP contribution in [0.3, 0.4) is 0 Å². The Morgan fingerprint density at radius 3 is 2.17 bits per heavy atom. The number of rotatable bonds is 8. The number of hydrogen-bond acceptors (Lipinski definition) is 1. The van der Waals surface area contributed by atoms with Crippen molar-refractivity contribution in [2.24, 2.45) is 11.3 Å². The largest absolute Gasteiger partial charge is 0.316 e. The zero-order valence-electron chi connectivity index (χ0n) is 13.1. The summed E-state index contributed by atoms with van der Waals surface area (Å²) in [5.41, 5.74) is 0.594. The highest BCUT2D eigenvalue weighted by Crippen LogP contribution is 2.43. The molecule has 108 valence electrons. The molecule has 0 radical (unpaired) electrons. The first kappa shape index (κ1) is 16.0. The molecule has 1 rings (SSSR count). The minimum atomic E-state index is 0.594. The Morgan fingerprint density at radius 1 is 1.00 bits per heavy atom. The third-order valence-corrected chi connectivity index (χ3v) is 5.18. The van der Waals surface area contributed by atoms with Crippen LogP contribution in [0.25, 0.3) is 0 Å². The molecule has 0 spiro atoms. The molecule has 18 heavy (non-hydrogen) atoms. The highest BCUT2D eigenvalue weighted by molar-refractivity contribution is 4.88. The lowest BCUT2D eigenvalue weighted by Gasteiger charge is -2.41. The molecule has 0 heterocycles. The third-order valence-electron chi connectivity index (χ3n) is 5.18. The highest BCUT2D eigenvalue weighted by Gasteiger charge is 2.35. The second-order valence-electron chi connectivity index (χ2n) is 6.29. The van der Waals surface area contributed by atoms with Crippen LogP contribution in [0.4, 0.5) is 0 Å². The van der Waals surface area contributed by atoms with E-state index >= 15 is 0 Å². The van der Waals surface area contributed by atoms with Crippen LogP contribution >= 0.6 is 0 Å². The standard InChI is InChI=1S/C17H35N/c1-4-7-14-17(5-2,15-18-6-3)16-12-10-8-9-11-13-16/h16,18H,4-15H2,1-3H3. The molecule has 0 saturated heterocycles. The van der Waals surface area contributed by atoms with Crippen LogP contribution in [-0.4, -0.2) is 13.1 Å². The summed E-state index contributed by atoms with van der Waals surface area (Å²) in [6, 6.07) is 0. The van der Waals surface area contributed by atoms with Gasteiger partial charge in [-0.25, -0.2) is 0 Å². The van der Waals surface area contributed by atoms with Gasteiger partial charge in [0.15, 0.2) is 0 Å². The second-order valence-corrected chi connectivity index (χ2v) is 6.29. The fourth-order valence-electron chi connectivity index (χ4n) is 3.82. The number of nitrogens with one attached hydrogen (secondary N) is 1. The molecule has 0 aromatic carbocycles. The van der Waals surface area contributed by atoms with Crippen molar-refractivity contribution >= 4 is 0 Å². The van der Waals surface area contributed by atoms with Crippen molar-refractivity contribution in [1.29, 1.82) is 0 Å². The molecule has 1 saturated carbocycles. The normalized spacial score (nSPS) is 21.5.